The van der Waals surface area contributed by atoms with Gasteiger partial charge in [0.05, 0.1) is 6.54 Å². The average molecular weight is 405 g/mol. The van der Waals surface area contributed by atoms with E-state index in [2.05, 4.69) is 16.3 Å². The summed E-state index contributed by atoms with van der Waals surface area (Å²) in [7, 11) is 0. The Labute approximate surface area is 176 Å². The Balaban J connectivity index is 1.36. The van der Waals surface area contributed by atoms with E-state index in [4.69, 9.17) is 0 Å². The number of hydrogen-bond donors (Lipinski definition) is 1. The highest BCUT2D eigenvalue weighted by Gasteiger charge is 2.28. The predicted molar refractivity (Wildman–Crippen MR) is 115 cm³/mol. The number of carbonyl (C=O) groups excluding carboxylic acids is 3. The van der Waals surface area contributed by atoms with Gasteiger partial charge in [-0.2, -0.15) is 0 Å². The molecule has 0 atom stereocenters. The van der Waals surface area contributed by atoms with Crippen LogP contribution in [0.15, 0.2) is 48.5 Å². The summed E-state index contributed by atoms with van der Waals surface area (Å²) in [4.78, 5) is 39.9. The second-order valence-corrected chi connectivity index (χ2v) is 8.06. The number of amides is 3. The maximum atomic E-state index is 12.6. The highest BCUT2D eigenvalue weighted by Crippen LogP contribution is 2.19. The van der Waals surface area contributed by atoms with Crippen molar-refractivity contribution in [1.29, 1.82) is 0 Å². The topological polar surface area (TPSA) is 69.7 Å². The maximum absolute atomic E-state index is 12.6. The number of nitrogens with one attached hydrogen (secondary N) is 1. The maximum Gasteiger partial charge on any atom is 0.255 e. The lowest BCUT2D eigenvalue weighted by molar-refractivity contribution is -0.139. The van der Waals surface area contributed by atoms with E-state index in [1.165, 1.54) is 29.7 Å². The SMILES string of the molecule is O=C(Nc1cccc(CN2CCCCC2)c1)c1ccc(CN2C(=O)CCC2=O)cc1. The van der Waals surface area contributed by atoms with Crippen molar-refractivity contribution >= 4 is 23.4 Å². The molecule has 6 nitrogen and oxygen atoms in total. The molecule has 2 aromatic carbocycles. The van der Waals surface area contributed by atoms with Crippen LogP contribution in [0.2, 0.25) is 0 Å². The molecule has 2 saturated heterocycles. The summed E-state index contributed by atoms with van der Waals surface area (Å²) in [6.45, 7) is 3.44. The van der Waals surface area contributed by atoms with E-state index in [9.17, 15) is 14.4 Å². The van der Waals surface area contributed by atoms with Crippen LogP contribution in [-0.2, 0) is 22.7 Å². The van der Waals surface area contributed by atoms with E-state index < -0.39 is 0 Å². The smallest absolute Gasteiger partial charge is 0.255 e. The first kappa shape index (κ1) is 20.3. The molecule has 0 bridgehead atoms. The molecule has 0 unspecified atom stereocenters. The molecule has 0 aliphatic carbocycles. The minimum absolute atomic E-state index is 0.133. The molecule has 2 aromatic rings. The van der Waals surface area contributed by atoms with Crippen LogP contribution >= 0.6 is 0 Å². The molecule has 0 aromatic heterocycles. The van der Waals surface area contributed by atoms with Crippen molar-refractivity contribution in [1.82, 2.24) is 9.80 Å². The number of hydrogen-bond acceptors (Lipinski definition) is 4. The number of rotatable bonds is 6. The number of carbonyl (C=O) groups is 3. The largest absolute Gasteiger partial charge is 0.322 e. The second-order valence-electron chi connectivity index (χ2n) is 8.06. The molecule has 4 rings (SSSR count). The van der Waals surface area contributed by atoms with Crippen molar-refractivity contribution < 1.29 is 14.4 Å². The van der Waals surface area contributed by atoms with Gasteiger partial charge in [0.1, 0.15) is 0 Å². The molecule has 2 fully saturated rings. The number of anilines is 1. The van der Waals surface area contributed by atoms with Crippen molar-refractivity contribution in [2.75, 3.05) is 18.4 Å². The number of piperidine rings is 1. The van der Waals surface area contributed by atoms with Gasteiger partial charge in [0.2, 0.25) is 11.8 Å². The van der Waals surface area contributed by atoms with Crippen molar-refractivity contribution in [3.8, 4) is 0 Å². The molecule has 1 N–H and O–H groups in total. The predicted octanol–water partition coefficient (Wildman–Crippen LogP) is 3.57. The summed E-state index contributed by atoms with van der Waals surface area (Å²) in [6, 6.07) is 15.0. The molecule has 2 aliphatic heterocycles. The number of benzene rings is 2. The Morgan fingerprint density at radius 1 is 0.833 bits per heavy atom. The summed E-state index contributed by atoms with van der Waals surface area (Å²) in [5.74, 6) is -0.442. The highest BCUT2D eigenvalue weighted by atomic mass is 16.2. The number of nitrogens with zero attached hydrogens (tertiary/aromatic N) is 2. The van der Waals surface area contributed by atoms with E-state index in [0.29, 0.717) is 5.56 Å². The van der Waals surface area contributed by atoms with Gasteiger partial charge in [0, 0.05) is 30.6 Å². The Kier molecular flexibility index (Phi) is 6.23. The van der Waals surface area contributed by atoms with Crippen LogP contribution < -0.4 is 5.32 Å². The molecule has 2 heterocycles. The first-order valence-corrected chi connectivity index (χ1v) is 10.6. The third-order valence-electron chi connectivity index (χ3n) is 5.75. The van der Waals surface area contributed by atoms with Crippen molar-refractivity contribution in [2.24, 2.45) is 0 Å². The molecule has 2 aliphatic rings. The fraction of sp³-hybridized carbons (Fsp3) is 0.375. The summed E-state index contributed by atoms with van der Waals surface area (Å²) in [5, 5.41) is 2.97. The van der Waals surface area contributed by atoms with Gasteiger partial charge in [-0.05, 0) is 61.3 Å². The zero-order valence-corrected chi connectivity index (χ0v) is 17.1. The van der Waals surface area contributed by atoms with Gasteiger partial charge in [0.25, 0.3) is 5.91 Å². The fourth-order valence-corrected chi connectivity index (χ4v) is 4.07. The molecule has 3 amide bonds. The molecule has 6 heteroatoms. The van der Waals surface area contributed by atoms with Gasteiger partial charge in [0.15, 0.2) is 0 Å². The van der Waals surface area contributed by atoms with Crippen LogP contribution in [0.5, 0.6) is 0 Å². The Morgan fingerprint density at radius 2 is 1.53 bits per heavy atom. The lowest BCUT2D eigenvalue weighted by Crippen LogP contribution is -2.29. The zero-order valence-electron chi connectivity index (χ0n) is 17.1. The Bertz CT molecular complexity index is 917. The normalized spacial score (nSPS) is 17.4. The Hall–Kier alpha value is -2.99. The molecule has 0 saturated carbocycles. The van der Waals surface area contributed by atoms with Crippen LogP contribution in [0.4, 0.5) is 5.69 Å². The van der Waals surface area contributed by atoms with Crippen LogP contribution in [0.3, 0.4) is 0 Å². The molecule has 30 heavy (non-hydrogen) atoms. The lowest BCUT2D eigenvalue weighted by atomic mass is 10.1. The van der Waals surface area contributed by atoms with Gasteiger partial charge in [-0.1, -0.05) is 30.7 Å². The third kappa shape index (κ3) is 4.94. The van der Waals surface area contributed by atoms with Crippen LogP contribution in [0.25, 0.3) is 0 Å². The first-order chi connectivity index (χ1) is 14.6. The molecule has 156 valence electrons. The molecular formula is C24H27N3O3. The lowest BCUT2D eigenvalue weighted by Gasteiger charge is -2.26. The van der Waals surface area contributed by atoms with E-state index in [1.54, 1.807) is 24.3 Å². The minimum atomic E-state index is -0.176. The average Bonchev–Trinajstić information content (AvgIpc) is 3.07. The van der Waals surface area contributed by atoms with Gasteiger partial charge in [-0.15, -0.1) is 0 Å². The number of imide groups is 1. The standard InChI is InChI=1S/C24H27N3O3/c28-22-11-12-23(29)27(22)17-18-7-9-20(10-8-18)24(30)25-21-6-4-5-19(15-21)16-26-13-2-1-3-14-26/h4-10,15H,1-3,11-14,16-17H2,(H,25,30). The Morgan fingerprint density at radius 3 is 2.23 bits per heavy atom. The molecule has 0 radical (unpaired) electrons. The van der Waals surface area contributed by atoms with Crippen LogP contribution in [0, 0.1) is 0 Å². The minimum Gasteiger partial charge on any atom is -0.322 e. The quantitative estimate of drug-likeness (QED) is 0.746. The van der Waals surface area contributed by atoms with Gasteiger partial charge >= 0.3 is 0 Å². The first-order valence-electron chi connectivity index (χ1n) is 10.6. The van der Waals surface area contributed by atoms with Crippen molar-refractivity contribution in [3.63, 3.8) is 0 Å². The summed E-state index contributed by atoms with van der Waals surface area (Å²) in [5.41, 5.74) is 3.36. The van der Waals surface area contributed by atoms with Crippen LogP contribution in [-0.4, -0.2) is 40.6 Å². The zero-order chi connectivity index (χ0) is 20.9. The van der Waals surface area contributed by atoms with Gasteiger partial charge in [-0.3, -0.25) is 24.2 Å². The van der Waals surface area contributed by atoms with E-state index >= 15 is 0 Å². The summed E-state index contributed by atoms with van der Waals surface area (Å²) in [6.07, 6.45) is 4.40. The van der Waals surface area contributed by atoms with Gasteiger partial charge < -0.3 is 5.32 Å². The second kappa shape index (κ2) is 9.22. The van der Waals surface area contributed by atoms with Crippen LogP contribution in [0.1, 0.15) is 53.6 Å². The fourth-order valence-electron chi connectivity index (χ4n) is 4.07. The third-order valence-corrected chi connectivity index (χ3v) is 5.75. The highest BCUT2D eigenvalue weighted by molar-refractivity contribution is 6.04. The van der Waals surface area contributed by atoms with E-state index in [0.717, 1.165) is 30.9 Å². The van der Waals surface area contributed by atoms with Crippen molar-refractivity contribution in [2.45, 2.75) is 45.2 Å². The molecule has 0 spiro atoms. The summed E-state index contributed by atoms with van der Waals surface area (Å²) >= 11 is 0. The number of likely N-dealkylation sites (tertiary alicyclic amines) is 2. The molecular weight excluding hydrogens is 378 g/mol. The van der Waals surface area contributed by atoms with E-state index in [1.807, 2.05) is 18.2 Å². The van der Waals surface area contributed by atoms with E-state index in [-0.39, 0.29) is 37.1 Å². The summed E-state index contributed by atoms with van der Waals surface area (Å²) < 4.78 is 0. The monoisotopic (exact) mass is 405 g/mol. The van der Waals surface area contributed by atoms with Crippen molar-refractivity contribution in [3.05, 3.63) is 65.2 Å². The van der Waals surface area contributed by atoms with Gasteiger partial charge in [-0.25, -0.2) is 0 Å².